The number of nitrogens with one attached hydrogen (secondary N) is 1. The van der Waals surface area contributed by atoms with Gasteiger partial charge in [0.2, 0.25) is 0 Å². The summed E-state index contributed by atoms with van der Waals surface area (Å²) in [4.78, 5) is 15.9. The molecule has 4 rings (SSSR count). The SMILES string of the molecule is CC(C)(C)CS(=O)(=O)c1cccc(NC(=O)c2ccc(S(=O)(=O)CC(C)(C)CO)cc2N2CCC3(CC2)CC3)c1. The molecule has 1 saturated carbocycles. The molecule has 10 heteroatoms. The molecular formula is C30H42N2O6S2. The van der Waals surface area contributed by atoms with Crippen molar-refractivity contribution in [2.24, 2.45) is 16.2 Å². The zero-order valence-electron chi connectivity index (χ0n) is 24.2. The number of anilines is 2. The Morgan fingerprint density at radius 3 is 2.05 bits per heavy atom. The molecule has 2 N–H and O–H groups in total. The molecule has 8 nitrogen and oxygen atoms in total. The zero-order chi connectivity index (χ0) is 29.6. The molecule has 1 aliphatic heterocycles. The predicted octanol–water partition coefficient (Wildman–Crippen LogP) is 4.93. The summed E-state index contributed by atoms with van der Waals surface area (Å²) in [5.74, 6) is -0.687. The van der Waals surface area contributed by atoms with E-state index in [0.29, 0.717) is 22.4 Å². The number of sulfone groups is 2. The van der Waals surface area contributed by atoms with Crippen LogP contribution in [0.1, 0.15) is 70.7 Å². The number of piperidine rings is 1. The minimum atomic E-state index is -3.73. The van der Waals surface area contributed by atoms with Gasteiger partial charge in [0.05, 0.1) is 32.5 Å². The number of nitrogens with zero attached hydrogens (tertiary/aromatic N) is 1. The zero-order valence-corrected chi connectivity index (χ0v) is 25.8. The number of carbonyl (C=O) groups excluding carboxylic acids is 1. The quantitative estimate of drug-likeness (QED) is 0.425. The fourth-order valence-electron chi connectivity index (χ4n) is 5.32. The summed E-state index contributed by atoms with van der Waals surface area (Å²) in [6, 6.07) is 10.8. The van der Waals surface area contributed by atoms with Crippen molar-refractivity contribution >= 4 is 37.0 Å². The monoisotopic (exact) mass is 590 g/mol. The first-order valence-electron chi connectivity index (χ1n) is 13.8. The van der Waals surface area contributed by atoms with Crippen LogP contribution in [-0.2, 0) is 19.7 Å². The van der Waals surface area contributed by atoms with Gasteiger partial charge >= 0.3 is 0 Å². The number of hydrogen-bond donors (Lipinski definition) is 2. The van der Waals surface area contributed by atoms with E-state index in [9.17, 15) is 26.7 Å². The normalized spacial score (nSPS) is 17.6. The van der Waals surface area contributed by atoms with Gasteiger partial charge in [-0.2, -0.15) is 0 Å². The summed E-state index contributed by atoms with van der Waals surface area (Å²) < 4.78 is 52.4. The Morgan fingerprint density at radius 1 is 0.875 bits per heavy atom. The van der Waals surface area contributed by atoms with Gasteiger partial charge in [-0.05, 0) is 72.9 Å². The number of aliphatic hydroxyl groups excluding tert-OH is 1. The van der Waals surface area contributed by atoms with Crippen LogP contribution < -0.4 is 10.2 Å². The van der Waals surface area contributed by atoms with Gasteiger partial charge in [-0.25, -0.2) is 16.8 Å². The summed E-state index contributed by atoms with van der Waals surface area (Å²) in [5, 5.41) is 12.5. The van der Waals surface area contributed by atoms with E-state index >= 15 is 0 Å². The lowest BCUT2D eigenvalue weighted by atomic mass is 9.93. The van der Waals surface area contributed by atoms with Crippen LogP contribution in [0.15, 0.2) is 52.3 Å². The van der Waals surface area contributed by atoms with Crippen LogP contribution in [0.4, 0.5) is 11.4 Å². The molecule has 1 saturated heterocycles. The molecule has 0 unspecified atom stereocenters. The van der Waals surface area contributed by atoms with Crippen molar-refractivity contribution in [1.82, 2.24) is 0 Å². The molecule has 2 aromatic carbocycles. The summed E-state index contributed by atoms with van der Waals surface area (Å²) in [5.41, 5.74) is 0.392. The number of amides is 1. The highest BCUT2D eigenvalue weighted by Gasteiger charge is 2.44. The lowest BCUT2D eigenvalue weighted by Gasteiger charge is -2.35. The minimum Gasteiger partial charge on any atom is -0.396 e. The van der Waals surface area contributed by atoms with Crippen molar-refractivity contribution in [2.45, 2.75) is 70.1 Å². The molecule has 0 radical (unpaired) electrons. The van der Waals surface area contributed by atoms with Crippen LogP contribution in [0.2, 0.25) is 0 Å². The van der Waals surface area contributed by atoms with Crippen molar-refractivity contribution in [1.29, 1.82) is 0 Å². The molecule has 2 aromatic rings. The Kier molecular flexibility index (Phi) is 8.21. The summed E-state index contributed by atoms with van der Waals surface area (Å²) in [6.07, 6.45) is 4.42. The first-order valence-corrected chi connectivity index (χ1v) is 17.1. The second kappa shape index (κ2) is 10.8. The molecular weight excluding hydrogens is 548 g/mol. The van der Waals surface area contributed by atoms with Gasteiger partial charge in [0.25, 0.3) is 5.91 Å². The standard InChI is InChI=1S/C30H42N2O6S2/c1-28(2,3)20-39(35,36)23-8-6-7-22(17-23)31-27(34)25-10-9-24(40(37,38)21-29(4,5)19-33)18-26(25)32-15-13-30(11-12-30)14-16-32/h6-10,17-18,33H,11-16,19-21H2,1-5H3,(H,31,34). The van der Waals surface area contributed by atoms with Gasteiger partial charge in [-0.15, -0.1) is 0 Å². The van der Waals surface area contributed by atoms with Crippen molar-refractivity contribution in [3.63, 3.8) is 0 Å². The van der Waals surface area contributed by atoms with E-state index in [2.05, 4.69) is 10.2 Å². The van der Waals surface area contributed by atoms with E-state index in [1.807, 2.05) is 20.8 Å². The maximum absolute atomic E-state index is 13.6. The maximum Gasteiger partial charge on any atom is 0.257 e. The van der Waals surface area contributed by atoms with Crippen LogP contribution in [0.5, 0.6) is 0 Å². The van der Waals surface area contributed by atoms with Gasteiger partial charge in [0, 0.05) is 30.8 Å². The van der Waals surface area contributed by atoms with Gasteiger partial charge in [-0.1, -0.05) is 40.7 Å². The smallest absolute Gasteiger partial charge is 0.257 e. The van der Waals surface area contributed by atoms with Crippen LogP contribution in [0, 0.1) is 16.2 Å². The average Bonchev–Trinajstić information content (AvgIpc) is 3.61. The summed E-state index contributed by atoms with van der Waals surface area (Å²) >= 11 is 0. The Labute approximate surface area is 239 Å². The van der Waals surface area contributed by atoms with Gasteiger partial charge in [0.1, 0.15) is 0 Å². The third-order valence-corrected chi connectivity index (χ3v) is 12.1. The van der Waals surface area contributed by atoms with E-state index in [1.54, 1.807) is 32.0 Å². The van der Waals surface area contributed by atoms with Crippen LogP contribution in [0.25, 0.3) is 0 Å². The molecule has 220 valence electrons. The molecule has 0 bridgehead atoms. The number of benzene rings is 2. The van der Waals surface area contributed by atoms with E-state index in [-0.39, 0.29) is 27.9 Å². The van der Waals surface area contributed by atoms with E-state index < -0.39 is 36.4 Å². The molecule has 0 atom stereocenters. The molecule has 2 fully saturated rings. The van der Waals surface area contributed by atoms with Crippen LogP contribution >= 0.6 is 0 Å². The summed E-state index contributed by atoms with van der Waals surface area (Å²) in [6.45, 7) is 10.2. The van der Waals surface area contributed by atoms with E-state index in [1.165, 1.54) is 37.1 Å². The fraction of sp³-hybridized carbons (Fsp3) is 0.567. The summed E-state index contributed by atoms with van der Waals surface area (Å²) in [7, 11) is -7.28. The molecule has 1 amide bonds. The second-order valence-corrected chi connectivity index (χ2v) is 17.5. The molecule has 1 spiro atoms. The van der Waals surface area contributed by atoms with E-state index in [4.69, 9.17) is 0 Å². The van der Waals surface area contributed by atoms with E-state index in [0.717, 1.165) is 25.9 Å². The van der Waals surface area contributed by atoms with Gasteiger partial charge < -0.3 is 15.3 Å². The second-order valence-electron chi connectivity index (χ2n) is 13.5. The Morgan fingerprint density at radius 2 is 1.48 bits per heavy atom. The first-order chi connectivity index (χ1) is 18.4. The molecule has 0 aromatic heterocycles. The van der Waals surface area contributed by atoms with Crippen LogP contribution in [-0.4, -0.2) is 59.1 Å². The Balaban J connectivity index is 1.65. The van der Waals surface area contributed by atoms with Crippen molar-refractivity contribution in [3.05, 3.63) is 48.0 Å². The number of hydrogen-bond acceptors (Lipinski definition) is 7. The topological polar surface area (TPSA) is 121 Å². The Bertz CT molecular complexity index is 1480. The molecule has 2 aliphatic rings. The third kappa shape index (κ3) is 7.25. The van der Waals surface area contributed by atoms with Crippen molar-refractivity contribution < 1.29 is 26.7 Å². The average molecular weight is 591 g/mol. The highest BCUT2D eigenvalue weighted by atomic mass is 32.2. The maximum atomic E-state index is 13.6. The van der Waals surface area contributed by atoms with Crippen LogP contribution in [0.3, 0.4) is 0 Å². The van der Waals surface area contributed by atoms with Gasteiger partial charge in [0.15, 0.2) is 19.7 Å². The highest BCUT2D eigenvalue weighted by Crippen LogP contribution is 2.54. The molecule has 40 heavy (non-hydrogen) atoms. The number of rotatable bonds is 9. The highest BCUT2D eigenvalue weighted by molar-refractivity contribution is 7.91. The third-order valence-electron chi connectivity index (χ3n) is 7.78. The molecule has 1 aliphatic carbocycles. The van der Waals surface area contributed by atoms with Gasteiger partial charge in [-0.3, -0.25) is 4.79 Å². The molecule has 1 heterocycles. The lowest BCUT2D eigenvalue weighted by Crippen LogP contribution is -2.36. The minimum absolute atomic E-state index is 0.0268. The largest absolute Gasteiger partial charge is 0.396 e. The number of aliphatic hydroxyl groups is 1. The van der Waals surface area contributed by atoms with Crippen molar-refractivity contribution in [2.75, 3.05) is 41.4 Å². The van der Waals surface area contributed by atoms with Crippen molar-refractivity contribution in [3.8, 4) is 0 Å². The predicted molar refractivity (Wildman–Crippen MR) is 158 cm³/mol. The number of carbonyl (C=O) groups is 1. The first kappa shape index (κ1) is 30.5. The lowest BCUT2D eigenvalue weighted by molar-refractivity contribution is 0.102. The fourth-order valence-corrected chi connectivity index (χ4v) is 9.07. The Hall–Kier alpha value is -2.43.